The molecule has 2 aromatic heterocycles. The van der Waals surface area contributed by atoms with Gasteiger partial charge in [-0.05, 0) is 12.1 Å². The maximum Gasteiger partial charge on any atom is 0.107 e. The number of halogens is 2. The third-order valence-corrected chi connectivity index (χ3v) is 2.57. The molecule has 2 rings (SSSR count). The third-order valence-electron chi connectivity index (χ3n) is 1.70. The summed E-state index contributed by atoms with van der Waals surface area (Å²) in [6.45, 7) is 0.510. The Labute approximate surface area is 105 Å². The number of nitrogens with zero attached hydrogens (tertiary/aromatic N) is 2. The summed E-state index contributed by atoms with van der Waals surface area (Å²) in [5, 5.41) is 2.98. The van der Waals surface area contributed by atoms with Crippen LogP contribution in [0.25, 0.3) is 11.3 Å². The number of hydrogen-bond acceptors (Lipinski definition) is 4. The normalized spacial score (nSPS) is 8.87. The van der Waals surface area contributed by atoms with Crippen LogP contribution < -0.4 is 5.73 Å². The Bertz CT molecular complexity index is 391. The van der Waals surface area contributed by atoms with E-state index in [1.54, 1.807) is 23.7 Å². The van der Waals surface area contributed by atoms with Crippen molar-refractivity contribution >= 4 is 36.2 Å². The molecule has 0 atom stereocenters. The summed E-state index contributed by atoms with van der Waals surface area (Å²) in [6.07, 6.45) is 3.52. The van der Waals surface area contributed by atoms with Crippen molar-refractivity contribution in [1.82, 2.24) is 9.97 Å². The number of rotatable bonds is 2. The first kappa shape index (κ1) is 14.3. The van der Waals surface area contributed by atoms with Gasteiger partial charge in [0.05, 0.1) is 5.69 Å². The van der Waals surface area contributed by atoms with Gasteiger partial charge in [0.2, 0.25) is 0 Å². The van der Waals surface area contributed by atoms with Gasteiger partial charge in [0, 0.05) is 29.9 Å². The van der Waals surface area contributed by atoms with Crippen molar-refractivity contribution in [1.29, 1.82) is 0 Å². The predicted molar refractivity (Wildman–Crippen MR) is 67.7 cm³/mol. The molecular weight excluding hydrogens is 253 g/mol. The molecule has 15 heavy (non-hydrogen) atoms. The zero-order valence-electron chi connectivity index (χ0n) is 7.79. The molecule has 0 radical (unpaired) electrons. The minimum Gasteiger partial charge on any atom is -0.325 e. The molecule has 0 unspecified atom stereocenters. The van der Waals surface area contributed by atoms with E-state index in [9.17, 15) is 0 Å². The quantitative estimate of drug-likeness (QED) is 0.906. The number of pyridine rings is 1. The van der Waals surface area contributed by atoms with Crippen LogP contribution in [0.4, 0.5) is 0 Å². The van der Waals surface area contributed by atoms with Crippen LogP contribution in [0, 0.1) is 0 Å². The van der Waals surface area contributed by atoms with Crippen LogP contribution in [-0.2, 0) is 6.54 Å². The molecule has 0 aliphatic carbocycles. The lowest BCUT2D eigenvalue weighted by molar-refractivity contribution is 1.04. The molecular formula is C9H11Cl2N3S. The predicted octanol–water partition coefficient (Wildman–Crippen LogP) is 2.51. The van der Waals surface area contributed by atoms with Gasteiger partial charge in [-0.1, -0.05) is 0 Å². The van der Waals surface area contributed by atoms with E-state index in [-0.39, 0.29) is 24.8 Å². The molecule has 0 saturated heterocycles. The van der Waals surface area contributed by atoms with Gasteiger partial charge in [0.15, 0.2) is 0 Å². The first-order valence-corrected chi connectivity index (χ1v) is 4.83. The van der Waals surface area contributed by atoms with Crippen molar-refractivity contribution in [3.05, 3.63) is 34.9 Å². The summed E-state index contributed by atoms with van der Waals surface area (Å²) in [5.41, 5.74) is 7.55. The molecule has 2 N–H and O–H groups in total. The van der Waals surface area contributed by atoms with E-state index in [0.717, 1.165) is 16.3 Å². The highest BCUT2D eigenvalue weighted by Crippen LogP contribution is 2.20. The Balaban J connectivity index is 0.000000980. The summed E-state index contributed by atoms with van der Waals surface area (Å²) in [4.78, 5) is 8.31. The molecule has 2 aromatic rings. The van der Waals surface area contributed by atoms with E-state index in [2.05, 4.69) is 9.97 Å². The van der Waals surface area contributed by atoms with Gasteiger partial charge in [0.1, 0.15) is 5.01 Å². The highest BCUT2D eigenvalue weighted by atomic mass is 35.5. The molecule has 0 fully saturated rings. The zero-order chi connectivity index (χ0) is 9.10. The summed E-state index contributed by atoms with van der Waals surface area (Å²) in [7, 11) is 0. The number of hydrogen-bond donors (Lipinski definition) is 1. The molecule has 2 heterocycles. The monoisotopic (exact) mass is 263 g/mol. The van der Waals surface area contributed by atoms with E-state index in [1.165, 1.54) is 0 Å². The average Bonchev–Trinajstić information content (AvgIpc) is 2.67. The standard InChI is InChI=1S/C9H9N3S.2ClH/c10-5-9-12-8(6-13-9)7-1-3-11-4-2-7;;/h1-4,6H,5,10H2;2*1H. The highest BCUT2D eigenvalue weighted by Gasteiger charge is 2.01. The van der Waals surface area contributed by atoms with Crippen molar-refractivity contribution in [2.24, 2.45) is 5.73 Å². The van der Waals surface area contributed by atoms with Crippen molar-refractivity contribution in [3.63, 3.8) is 0 Å². The number of nitrogens with two attached hydrogens (primary N) is 1. The Morgan fingerprint density at radius 2 is 1.87 bits per heavy atom. The number of aromatic nitrogens is 2. The van der Waals surface area contributed by atoms with Gasteiger partial charge < -0.3 is 5.73 Å². The first-order valence-electron chi connectivity index (χ1n) is 3.95. The second kappa shape index (κ2) is 6.74. The lowest BCUT2D eigenvalue weighted by Crippen LogP contribution is -1.94. The Hall–Kier alpha value is -0.680. The molecule has 82 valence electrons. The van der Waals surface area contributed by atoms with Gasteiger partial charge in [-0.2, -0.15) is 0 Å². The van der Waals surface area contributed by atoms with Crippen LogP contribution in [0.1, 0.15) is 5.01 Å². The molecule has 0 aliphatic rings. The van der Waals surface area contributed by atoms with Crippen LogP contribution in [-0.4, -0.2) is 9.97 Å². The van der Waals surface area contributed by atoms with E-state index >= 15 is 0 Å². The van der Waals surface area contributed by atoms with E-state index in [1.807, 2.05) is 17.5 Å². The average molecular weight is 264 g/mol. The van der Waals surface area contributed by atoms with Crippen molar-refractivity contribution < 1.29 is 0 Å². The molecule has 0 saturated carbocycles. The molecule has 0 aliphatic heterocycles. The minimum absolute atomic E-state index is 0. The lowest BCUT2D eigenvalue weighted by atomic mass is 10.2. The van der Waals surface area contributed by atoms with Crippen LogP contribution in [0.15, 0.2) is 29.9 Å². The Morgan fingerprint density at radius 3 is 2.40 bits per heavy atom. The fourth-order valence-corrected chi connectivity index (χ4v) is 1.74. The fraction of sp³-hybridized carbons (Fsp3) is 0.111. The van der Waals surface area contributed by atoms with Crippen LogP contribution in [0.5, 0.6) is 0 Å². The summed E-state index contributed by atoms with van der Waals surface area (Å²) in [5.74, 6) is 0. The van der Waals surface area contributed by atoms with Gasteiger partial charge in [0.25, 0.3) is 0 Å². The van der Waals surface area contributed by atoms with Crippen molar-refractivity contribution in [2.45, 2.75) is 6.54 Å². The Morgan fingerprint density at radius 1 is 1.20 bits per heavy atom. The highest BCUT2D eigenvalue weighted by molar-refractivity contribution is 7.09. The summed E-state index contributed by atoms with van der Waals surface area (Å²) in [6, 6.07) is 3.88. The SMILES string of the molecule is Cl.Cl.NCc1nc(-c2ccncc2)cs1. The largest absolute Gasteiger partial charge is 0.325 e. The summed E-state index contributed by atoms with van der Waals surface area (Å²) >= 11 is 1.59. The fourth-order valence-electron chi connectivity index (χ4n) is 1.06. The zero-order valence-corrected chi connectivity index (χ0v) is 10.2. The van der Waals surface area contributed by atoms with Crippen molar-refractivity contribution in [2.75, 3.05) is 0 Å². The van der Waals surface area contributed by atoms with Gasteiger partial charge in [-0.15, -0.1) is 36.2 Å². The van der Waals surface area contributed by atoms with Crippen molar-refractivity contribution in [3.8, 4) is 11.3 Å². The van der Waals surface area contributed by atoms with Gasteiger partial charge >= 0.3 is 0 Å². The molecule has 0 amide bonds. The molecule has 0 aromatic carbocycles. The maximum absolute atomic E-state index is 5.48. The second-order valence-corrected chi connectivity index (χ2v) is 3.51. The van der Waals surface area contributed by atoms with Gasteiger partial charge in [-0.25, -0.2) is 4.98 Å². The minimum atomic E-state index is 0. The maximum atomic E-state index is 5.48. The molecule has 0 spiro atoms. The lowest BCUT2D eigenvalue weighted by Gasteiger charge is -1.92. The topological polar surface area (TPSA) is 51.8 Å². The van der Waals surface area contributed by atoms with E-state index < -0.39 is 0 Å². The van der Waals surface area contributed by atoms with Crippen LogP contribution in [0.2, 0.25) is 0 Å². The molecule has 3 nitrogen and oxygen atoms in total. The number of thiazole rings is 1. The molecule has 6 heteroatoms. The van der Waals surface area contributed by atoms with E-state index in [4.69, 9.17) is 5.73 Å². The first-order chi connectivity index (χ1) is 6.40. The van der Waals surface area contributed by atoms with Crippen LogP contribution >= 0.6 is 36.2 Å². The second-order valence-electron chi connectivity index (χ2n) is 2.57. The van der Waals surface area contributed by atoms with Gasteiger partial charge in [-0.3, -0.25) is 4.98 Å². The molecule has 0 bridgehead atoms. The van der Waals surface area contributed by atoms with Crippen LogP contribution in [0.3, 0.4) is 0 Å². The third kappa shape index (κ3) is 3.43. The summed E-state index contributed by atoms with van der Waals surface area (Å²) < 4.78 is 0. The Kier molecular flexibility index (Phi) is 6.43. The van der Waals surface area contributed by atoms with E-state index in [0.29, 0.717) is 6.54 Å². The smallest absolute Gasteiger partial charge is 0.107 e.